The molecule has 0 amide bonds. The summed E-state index contributed by atoms with van der Waals surface area (Å²) in [5.41, 5.74) is -0.00698. The van der Waals surface area contributed by atoms with Crippen LogP contribution in [-0.4, -0.2) is 9.78 Å². The van der Waals surface area contributed by atoms with Gasteiger partial charge in [-0.25, -0.2) is 17.9 Å². The molecule has 0 bridgehead atoms. The molecule has 6 heteroatoms. The first-order valence-electron chi connectivity index (χ1n) is 6.11. The number of benzene rings is 1. The van der Waals surface area contributed by atoms with Gasteiger partial charge in [-0.05, 0) is 24.1 Å². The zero-order valence-electron chi connectivity index (χ0n) is 11.0. The summed E-state index contributed by atoms with van der Waals surface area (Å²) in [6.07, 6.45) is 0. The van der Waals surface area contributed by atoms with Crippen molar-refractivity contribution in [2.24, 2.45) is 5.92 Å². The van der Waals surface area contributed by atoms with E-state index in [9.17, 15) is 18.0 Å². The molecular weight excluding hydrogens is 269 g/mol. The fourth-order valence-corrected chi connectivity index (χ4v) is 1.78. The molecule has 2 aromatic rings. The van der Waals surface area contributed by atoms with Gasteiger partial charge < -0.3 is 0 Å². The topological polar surface area (TPSA) is 34.9 Å². The Kier molecular flexibility index (Phi) is 3.92. The number of hydrogen-bond donors (Lipinski definition) is 0. The van der Waals surface area contributed by atoms with Crippen LogP contribution in [0.15, 0.2) is 29.1 Å². The summed E-state index contributed by atoms with van der Waals surface area (Å²) in [5, 5.41) is 4.04. The van der Waals surface area contributed by atoms with Crippen molar-refractivity contribution >= 4 is 0 Å². The van der Waals surface area contributed by atoms with Gasteiger partial charge in [0.05, 0.1) is 5.69 Å². The second kappa shape index (κ2) is 5.48. The summed E-state index contributed by atoms with van der Waals surface area (Å²) in [5.74, 6) is -3.91. The van der Waals surface area contributed by atoms with E-state index in [0.717, 1.165) is 12.1 Å². The zero-order chi connectivity index (χ0) is 14.9. The van der Waals surface area contributed by atoms with Crippen molar-refractivity contribution in [1.29, 1.82) is 0 Å². The van der Waals surface area contributed by atoms with Crippen molar-refractivity contribution in [2.75, 3.05) is 0 Å². The van der Waals surface area contributed by atoms with Gasteiger partial charge in [-0.15, -0.1) is 0 Å². The van der Waals surface area contributed by atoms with E-state index >= 15 is 0 Å². The van der Waals surface area contributed by atoms with Crippen molar-refractivity contribution in [1.82, 2.24) is 9.78 Å². The Morgan fingerprint density at radius 1 is 1.15 bits per heavy atom. The van der Waals surface area contributed by atoms with E-state index in [1.807, 2.05) is 13.8 Å². The molecule has 0 radical (unpaired) electrons. The van der Waals surface area contributed by atoms with Gasteiger partial charge >= 0.3 is 0 Å². The quantitative estimate of drug-likeness (QED) is 0.811. The fourth-order valence-electron chi connectivity index (χ4n) is 1.78. The standard InChI is InChI=1S/C14H13F3N2O/c1-8(2)7-19-13(20)4-3-12(18-19)9-5-10(15)14(17)11(16)6-9/h3-6,8H,7H2,1-2H3. The Morgan fingerprint density at radius 2 is 1.75 bits per heavy atom. The van der Waals surface area contributed by atoms with Gasteiger partial charge in [0, 0.05) is 18.2 Å². The molecule has 20 heavy (non-hydrogen) atoms. The molecule has 0 fully saturated rings. The van der Waals surface area contributed by atoms with Crippen LogP contribution in [0.25, 0.3) is 11.3 Å². The van der Waals surface area contributed by atoms with Crippen LogP contribution >= 0.6 is 0 Å². The minimum Gasteiger partial charge on any atom is -0.268 e. The highest BCUT2D eigenvalue weighted by molar-refractivity contribution is 5.58. The Labute approximate surface area is 113 Å². The third-order valence-electron chi connectivity index (χ3n) is 2.68. The molecule has 2 rings (SSSR count). The van der Waals surface area contributed by atoms with E-state index in [4.69, 9.17) is 0 Å². The SMILES string of the molecule is CC(C)Cn1nc(-c2cc(F)c(F)c(F)c2)ccc1=O. The first-order valence-corrected chi connectivity index (χ1v) is 6.11. The van der Waals surface area contributed by atoms with Crippen LogP contribution in [0, 0.1) is 23.4 Å². The van der Waals surface area contributed by atoms with Crippen LogP contribution in [0.4, 0.5) is 13.2 Å². The van der Waals surface area contributed by atoms with Crippen molar-refractivity contribution < 1.29 is 13.2 Å². The molecule has 1 heterocycles. The van der Waals surface area contributed by atoms with Gasteiger partial charge in [0.25, 0.3) is 5.56 Å². The lowest BCUT2D eigenvalue weighted by Crippen LogP contribution is -2.24. The molecule has 0 unspecified atom stereocenters. The lowest BCUT2D eigenvalue weighted by Gasteiger charge is -2.09. The number of nitrogens with zero attached hydrogens (tertiary/aromatic N) is 2. The van der Waals surface area contributed by atoms with Gasteiger partial charge in [-0.1, -0.05) is 13.8 Å². The molecule has 0 N–H and O–H groups in total. The Morgan fingerprint density at radius 3 is 2.30 bits per heavy atom. The fraction of sp³-hybridized carbons (Fsp3) is 0.286. The van der Waals surface area contributed by atoms with Gasteiger partial charge in [0.1, 0.15) is 0 Å². The largest absolute Gasteiger partial charge is 0.268 e. The summed E-state index contributed by atoms with van der Waals surface area (Å²) in [6.45, 7) is 4.22. The molecule has 0 aliphatic carbocycles. The number of aromatic nitrogens is 2. The second-order valence-corrected chi connectivity index (χ2v) is 4.89. The van der Waals surface area contributed by atoms with E-state index in [-0.39, 0.29) is 22.7 Å². The molecule has 0 saturated carbocycles. The maximum Gasteiger partial charge on any atom is 0.266 e. The molecule has 1 aromatic heterocycles. The highest BCUT2D eigenvalue weighted by atomic mass is 19.2. The molecule has 1 aromatic carbocycles. The molecule has 0 aliphatic heterocycles. The van der Waals surface area contributed by atoms with Crippen LogP contribution < -0.4 is 5.56 Å². The maximum atomic E-state index is 13.2. The average molecular weight is 282 g/mol. The lowest BCUT2D eigenvalue weighted by molar-refractivity contribution is 0.447. The van der Waals surface area contributed by atoms with Crippen LogP contribution in [0.1, 0.15) is 13.8 Å². The van der Waals surface area contributed by atoms with Crippen LogP contribution in [0.2, 0.25) is 0 Å². The monoisotopic (exact) mass is 282 g/mol. The second-order valence-electron chi connectivity index (χ2n) is 4.89. The Balaban J connectivity index is 2.51. The van der Waals surface area contributed by atoms with Crippen molar-refractivity contribution in [3.8, 4) is 11.3 Å². The highest BCUT2D eigenvalue weighted by Gasteiger charge is 2.13. The average Bonchev–Trinajstić information content (AvgIpc) is 2.37. The minimum absolute atomic E-state index is 0.0823. The highest BCUT2D eigenvalue weighted by Crippen LogP contribution is 2.21. The van der Waals surface area contributed by atoms with E-state index in [1.165, 1.54) is 16.8 Å². The van der Waals surface area contributed by atoms with Crippen molar-refractivity contribution in [3.05, 3.63) is 52.1 Å². The number of halogens is 3. The summed E-state index contributed by atoms with van der Waals surface area (Å²) in [6, 6.07) is 4.32. The summed E-state index contributed by atoms with van der Waals surface area (Å²) in [4.78, 5) is 11.6. The van der Waals surface area contributed by atoms with E-state index in [0.29, 0.717) is 6.54 Å². The summed E-state index contributed by atoms with van der Waals surface area (Å²) >= 11 is 0. The van der Waals surface area contributed by atoms with E-state index < -0.39 is 17.5 Å². The first-order chi connectivity index (χ1) is 9.38. The summed E-state index contributed by atoms with van der Waals surface area (Å²) in [7, 11) is 0. The summed E-state index contributed by atoms with van der Waals surface area (Å²) < 4.78 is 40.5. The Bertz CT molecular complexity index is 672. The van der Waals surface area contributed by atoms with Crippen molar-refractivity contribution in [3.63, 3.8) is 0 Å². The van der Waals surface area contributed by atoms with Crippen LogP contribution in [-0.2, 0) is 6.54 Å². The van der Waals surface area contributed by atoms with Crippen LogP contribution in [0.3, 0.4) is 0 Å². The minimum atomic E-state index is -1.52. The van der Waals surface area contributed by atoms with Gasteiger partial charge in [-0.3, -0.25) is 4.79 Å². The maximum absolute atomic E-state index is 13.2. The van der Waals surface area contributed by atoms with Crippen molar-refractivity contribution in [2.45, 2.75) is 20.4 Å². The molecule has 0 spiro atoms. The predicted molar refractivity (Wildman–Crippen MR) is 68.6 cm³/mol. The third-order valence-corrected chi connectivity index (χ3v) is 2.68. The molecule has 106 valence electrons. The molecular formula is C14H13F3N2O. The van der Waals surface area contributed by atoms with Gasteiger partial charge in [-0.2, -0.15) is 5.10 Å². The van der Waals surface area contributed by atoms with E-state index in [2.05, 4.69) is 5.10 Å². The number of rotatable bonds is 3. The predicted octanol–water partition coefficient (Wildman–Crippen LogP) is 2.98. The van der Waals surface area contributed by atoms with E-state index in [1.54, 1.807) is 0 Å². The Hall–Kier alpha value is -2.11. The third kappa shape index (κ3) is 2.89. The van der Waals surface area contributed by atoms with Crippen LogP contribution in [0.5, 0.6) is 0 Å². The van der Waals surface area contributed by atoms with Gasteiger partial charge in [0.15, 0.2) is 17.5 Å². The molecule has 0 saturated heterocycles. The normalized spacial score (nSPS) is 11.1. The van der Waals surface area contributed by atoms with Gasteiger partial charge in [0.2, 0.25) is 0 Å². The lowest BCUT2D eigenvalue weighted by atomic mass is 10.1. The first kappa shape index (κ1) is 14.3. The number of hydrogen-bond acceptors (Lipinski definition) is 2. The molecule has 0 aliphatic rings. The smallest absolute Gasteiger partial charge is 0.266 e. The molecule has 0 atom stereocenters. The molecule has 3 nitrogen and oxygen atoms in total. The zero-order valence-corrected chi connectivity index (χ0v) is 11.0.